The van der Waals surface area contributed by atoms with E-state index < -0.39 is 9.84 Å². The number of para-hydroxylation sites is 1. The number of hydrogen-bond acceptors (Lipinski definition) is 5. The first-order valence-electron chi connectivity index (χ1n) is 10.5. The number of halogens is 1. The van der Waals surface area contributed by atoms with E-state index in [-0.39, 0.29) is 15.6 Å². The van der Waals surface area contributed by atoms with E-state index in [4.69, 9.17) is 11.6 Å². The predicted molar refractivity (Wildman–Crippen MR) is 131 cm³/mol. The van der Waals surface area contributed by atoms with Crippen LogP contribution < -0.4 is 5.32 Å². The van der Waals surface area contributed by atoms with Gasteiger partial charge in [-0.3, -0.25) is 9.20 Å². The zero-order chi connectivity index (χ0) is 23.4. The molecule has 0 spiro atoms. The van der Waals surface area contributed by atoms with Crippen molar-refractivity contribution >= 4 is 44.2 Å². The number of sulfone groups is 1. The highest BCUT2D eigenvalue weighted by molar-refractivity contribution is 7.92. The highest BCUT2D eigenvalue weighted by Crippen LogP contribution is 2.40. The van der Waals surface area contributed by atoms with Crippen LogP contribution in [0.4, 0.5) is 11.4 Å². The normalized spacial score (nSPS) is 13.7. The molecule has 0 aliphatic carbocycles. The maximum Gasteiger partial charge on any atom is 0.212 e. The van der Waals surface area contributed by atoms with Crippen LogP contribution in [0.2, 0.25) is 5.02 Å². The highest BCUT2D eigenvalue weighted by atomic mass is 35.5. The number of carbonyl (C=O) groups excluding carboxylic acids is 1. The van der Waals surface area contributed by atoms with Gasteiger partial charge in [0.15, 0.2) is 0 Å². The van der Waals surface area contributed by atoms with E-state index in [0.29, 0.717) is 39.0 Å². The molecule has 1 aliphatic heterocycles. The molecule has 0 saturated heterocycles. The van der Waals surface area contributed by atoms with Crippen LogP contribution >= 0.6 is 11.6 Å². The second kappa shape index (κ2) is 7.55. The van der Waals surface area contributed by atoms with Gasteiger partial charge in [0, 0.05) is 22.3 Å². The van der Waals surface area contributed by atoms with E-state index in [2.05, 4.69) is 10.3 Å². The number of nitrogens with zero attached hydrogens (tertiary/aromatic N) is 2. The van der Waals surface area contributed by atoms with Gasteiger partial charge in [-0.2, -0.15) is 0 Å². The van der Waals surface area contributed by atoms with Gasteiger partial charge >= 0.3 is 0 Å². The first-order valence-corrected chi connectivity index (χ1v) is 12.3. The molecule has 2 aromatic heterocycles. The van der Waals surface area contributed by atoms with Crippen LogP contribution in [0.3, 0.4) is 0 Å². The molecule has 3 aromatic carbocycles. The van der Waals surface area contributed by atoms with Gasteiger partial charge in [-0.25, -0.2) is 13.4 Å². The molecule has 0 radical (unpaired) electrons. The monoisotopic (exact) mass is 485 g/mol. The molecule has 8 heteroatoms. The number of anilines is 2. The summed E-state index contributed by atoms with van der Waals surface area (Å²) in [6, 6.07) is 24.0. The molecule has 0 fully saturated rings. The van der Waals surface area contributed by atoms with Crippen molar-refractivity contribution in [3.63, 3.8) is 0 Å². The minimum absolute atomic E-state index is 0.138. The summed E-state index contributed by atoms with van der Waals surface area (Å²) in [5, 5.41) is 3.74. The summed E-state index contributed by atoms with van der Waals surface area (Å²) in [5.41, 5.74) is 3.49. The van der Waals surface area contributed by atoms with Crippen molar-refractivity contribution in [2.75, 3.05) is 5.32 Å². The largest absolute Gasteiger partial charge is 0.353 e. The van der Waals surface area contributed by atoms with Crippen LogP contribution in [-0.2, 0) is 9.84 Å². The Balaban J connectivity index is 1.51. The average Bonchev–Trinajstić information content (AvgIpc) is 3.23. The van der Waals surface area contributed by atoms with Crippen LogP contribution in [0.5, 0.6) is 0 Å². The van der Waals surface area contributed by atoms with Crippen molar-refractivity contribution in [2.24, 2.45) is 0 Å². The summed E-state index contributed by atoms with van der Waals surface area (Å²) in [5.74, 6) is -0.274. The Labute approximate surface area is 200 Å². The van der Waals surface area contributed by atoms with Crippen LogP contribution in [-0.4, -0.2) is 23.6 Å². The second-order valence-electron chi connectivity index (χ2n) is 7.91. The van der Waals surface area contributed by atoms with E-state index in [0.717, 1.165) is 5.56 Å². The summed E-state index contributed by atoms with van der Waals surface area (Å²) in [6.07, 6.45) is 1.78. The number of imidazole rings is 1. The molecule has 0 saturated carbocycles. The Morgan fingerprint density at radius 1 is 0.853 bits per heavy atom. The predicted octanol–water partition coefficient (Wildman–Crippen LogP) is 5.78. The number of fused-ring (bicyclic) bond motifs is 3. The van der Waals surface area contributed by atoms with Crippen molar-refractivity contribution in [3.8, 4) is 11.3 Å². The smallest absolute Gasteiger partial charge is 0.212 e. The van der Waals surface area contributed by atoms with E-state index in [1.165, 1.54) is 6.07 Å². The number of pyridine rings is 1. The average molecular weight is 486 g/mol. The fraction of sp³-hybridized carbons (Fsp3) is 0. The van der Waals surface area contributed by atoms with Gasteiger partial charge in [-0.05, 0) is 54.6 Å². The third-order valence-corrected chi connectivity index (χ3v) is 7.96. The van der Waals surface area contributed by atoms with Crippen LogP contribution in [0.15, 0.2) is 101 Å². The van der Waals surface area contributed by atoms with Crippen molar-refractivity contribution in [3.05, 3.63) is 107 Å². The quantitative estimate of drug-likeness (QED) is 0.321. The van der Waals surface area contributed by atoms with Gasteiger partial charge in [0.05, 0.1) is 21.2 Å². The molecule has 0 atom stereocenters. The molecule has 1 N–H and O–H groups in total. The number of rotatable bonds is 3. The lowest BCUT2D eigenvalue weighted by atomic mass is 10.0. The molecule has 1 aliphatic rings. The third kappa shape index (κ3) is 3.13. The summed E-state index contributed by atoms with van der Waals surface area (Å²) in [7, 11) is -3.69. The summed E-state index contributed by atoms with van der Waals surface area (Å²) >= 11 is 6.05. The molecule has 166 valence electrons. The van der Waals surface area contributed by atoms with Crippen molar-refractivity contribution < 1.29 is 13.2 Å². The Bertz CT molecular complexity index is 1720. The molecular formula is C26H16ClN3O3S. The SMILES string of the molecule is O=C(c1ccc2c(c1)Nc1ccccc1S2(=O)=O)c1c(-c2ccc(Cl)cc2)nc2ccccn12. The number of aromatic nitrogens is 2. The van der Waals surface area contributed by atoms with Gasteiger partial charge < -0.3 is 5.32 Å². The van der Waals surface area contributed by atoms with Gasteiger partial charge in [0.25, 0.3) is 0 Å². The molecule has 0 bridgehead atoms. The van der Waals surface area contributed by atoms with E-state index in [9.17, 15) is 13.2 Å². The van der Waals surface area contributed by atoms with Crippen molar-refractivity contribution in [1.82, 2.24) is 9.38 Å². The van der Waals surface area contributed by atoms with Gasteiger partial charge in [0.2, 0.25) is 15.6 Å². The number of ketones is 1. The maximum absolute atomic E-state index is 13.8. The topological polar surface area (TPSA) is 80.5 Å². The molecule has 0 amide bonds. The van der Waals surface area contributed by atoms with Crippen LogP contribution in [0.1, 0.15) is 16.1 Å². The molecule has 0 unspecified atom stereocenters. The van der Waals surface area contributed by atoms with E-state index in [1.54, 1.807) is 59.1 Å². The summed E-state index contributed by atoms with van der Waals surface area (Å²) in [4.78, 5) is 18.9. The lowest BCUT2D eigenvalue weighted by Crippen LogP contribution is -2.15. The lowest BCUT2D eigenvalue weighted by molar-refractivity contribution is 0.103. The second-order valence-corrected chi connectivity index (χ2v) is 10.2. The summed E-state index contributed by atoms with van der Waals surface area (Å²) < 4.78 is 27.9. The van der Waals surface area contributed by atoms with Gasteiger partial charge in [-0.15, -0.1) is 0 Å². The van der Waals surface area contributed by atoms with Gasteiger partial charge in [0.1, 0.15) is 17.0 Å². The zero-order valence-electron chi connectivity index (χ0n) is 17.6. The van der Waals surface area contributed by atoms with Crippen LogP contribution in [0, 0.1) is 0 Å². The first kappa shape index (κ1) is 20.7. The summed E-state index contributed by atoms with van der Waals surface area (Å²) in [6.45, 7) is 0. The maximum atomic E-state index is 13.8. The fourth-order valence-corrected chi connectivity index (χ4v) is 5.91. The molecule has 3 heterocycles. The Kier molecular flexibility index (Phi) is 4.58. The van der Waals surface area contributed by atoms with E-state index in [1.807, 2.05) is 30.3 Å². The van der Waals surface area contributed by atoms with E-state index >= 15 is 0 Å². The number of nitrogens with one attached hydrogen (secondary N) is 1. The van der Waals surface area contributed by atoms with Crippen molar-refractivity contribution in [1.29, 1.82) is 0 Å². The minimum atomic E-state index is -3.69. The molecule has 6 rings (SSSR count). The molecule has 6 nitrogen and oxygen atoms in total. The Hall–Kier alpha value is -3.94. The molecule has 5 aromatic rings. The Morgan fingerprint density at radius 3 is 2.41 bits per heavy atom. The highest BCUT2D eigenvalue weighted by Gasteiger charge is 2.30. The first-order chi connectivity index (χ1) is 16.4. The molecule has 34 heavy (non-hydrogen) atoms. The van der Waals surface area contributed by atoms with Gasteiger partial charge in [-0.1, -0.05) is 41.9 Å². The van der Waals surface area contributed by atoms with Crippen molar-refractivity contribution in [2.45, 2.75) is 9.79 Å². The zero-order valence-corrected chi connectivity index (χ0v) is 19.1. The Morgan fingerprint density at radius 2 is 1.59 bits per heavy atom. The van der Waals surface area contributed by atoms with Crippen LogP contribution in [0.25, 0.3) is 16.9 Å². The third-order valence-electron chi connectivity index (χ3n) is 5.84. The molecular weight excluding hydrogens is 470 g/mol. The minimum Gasteiger partial charge on any atom is -0.353 e. The number of benzene rings is 3. The fourth-order valence-electron chi connectivity index (χ4n) is 4.23. The lowest BCUT2D eigenvalue weighted by Gasteiger charge is -2.21. The standard InChI is InChI=1S/C26H16ClN3O3S/c27-18-11-8-16(9-12-18)24-25(30-14-4-3-7-23(30)29-24)26(31)17-10-13-22-20(15-17)28-19-5-1-2-6-21(19)34(22,32)33/h1-15,28H. The number of hydrogen-bond donors (Lipinski definition) is 1. The number of carbonyl (C=O) groups is 1.